The van der Waals surface area contributed by atoms with Gasteiger partial charge < -0.3 is 4.90 Å². The zero-order chi connectivity index (χ0) is 14.1. The number of piperidine rings is 1. The van der Waals surface area contributed by atoms with Gasteiger partial charge in [-0.1, -0.05) is 18.2 Å². The molecule has 0 amide bonds. The summed E-state index contributed by atoms with van der Waals surface area (Å²) < 4.78 is 1.31. The average molecular weight is 295 g/mol. The standard InChI is InChI=1S/C17H17N3S/c1-4-8-20(9-5-1)17-18-11-14(12-19-17)16-10-13-6-2-3-7-15(13)21-16/h2-3,6-7,10-12H,1,4-5,8-9H2. The number of aromatic nitrogens is 2. The lowest BCUT2D eigenvalue weighted by Crippen LogP contribution is -2.30. The Bertz CT molecular complexity index is 709. The number of benzene rings is 1. The van der Waals surface area contributed by atoms with Crippen LogP contribution in [0.25, 0.3) is 20.5 Å². The van der Waals surface area contributed by atoms with Crippen molar-refractivity contribution < 1.29 is 0 Å². The molecular weight excluding hydrogens is 278 g/mol. The van der Waals surface area contributed by atoms with Gasteiger partial charge in [0.2, 0.25) is 5.95 Å². The van der Waals surface area contributed by atoms with Crippen molar-refractivity contribution in [2.24, 2.45) is 0 Å². The summed E-state index contributed by atoms with van der Waals surface area (Å²) in [6.45, 7) is 2.17. The molecule has 0 bridgehead atoms. The minimum Gasteiger partial charge on any atom is -0.341 e. The first-order valence-electron chi connectivity index (χ1n) is 7.46. The summed E-state index contributed by atoms with van der Waals surface area (Å²) in [4.78, 5) is 12.7. The van der Waals surface area contributed by atoms with Crippen LogP contribution in [0.5, 0.6) is 0 Å². The van der Waals surface area contributed by atoms with Crippen LogP contribution in [-0.4, -0.2) is 23.1 Å². The van der Waals surface area contributed by atoms with E-state index in [9.17, 15) is 0 Å². The van der Waals surface area contributed by atoms with E-state index in [1.54, 1.807) is 11.3 Å². The Balaban J connectivity index is 1.63. The number of anilines is 1. The zero-order valence-corrected chi connectivity index (χ0v) is 12.6. The number of hydrogen-bond donors (Lipinski definition) is 0. The summed E-state index contributed by atoms with van der Waals surface area (Å²) in [6.07, 6.45) is 7.75. The molecule has 0 spiro atoms. The molecule has 0 aliphatic carbocycles. The minimum atomic E-state index is 0.875. The number of fused-ring (bicyclic) bond motifs is 1. The number of hydrogen-bond acceptors (Lipinski definition) is 4. The average Bonchev–Trinajstić information content (AvgIpc) is 3.00. The highest BCUT2D eigenvalue weighted by Gasteiger charge is 2.13. The Labute approximate surface area is 128 Å². The molecule has 0 radical (unpaired) electrons. The molecule has 0 saturated carbocycles. The second kappa shape index (κ2) is 5.45. The molecule has 21 heavy (non-hydrogen) atoms. The highest BCUT2D eigenvalue weighted by molar-refractivity contribution is 7.22. The summed E-state index contributed by atoms with van der Waals surface area (Å²) in [5.74, 6) is 0.875. The van der Waals surface area contributed by atoms with E-state index in [-0.39, 0.29) is 0 Å². The van der Waals surface area contributed by atoms with E-state index in [1.165, 1.54) is 34.2 Å². The molecule has 2 aromatic heterocycles. The Hall–Kier alpha value is -1.94. The van der Waals surface area contributed by atoms with Gasteiger partial charge in [-0.2, -0.15) is 0 Å². The number of nitrogens with zero attached hydrogens (tertiary/aromatic N) is 3. The summed E-state index contributed by atoms with van der Waals surface area (Å²) >= 11 is 1.80. The van der Waals surface area contributed by atoms with Crippen LogP contribution in [0.15, 0.2) is 42.7 Å². The molecule has 1 aliphatic heterocycles. The summed E-state index contributed by atoms with van der Waals surface area (Å²) in [7, 11) is 0. The second-order valence-electron chi connectivity index (χ2n) is 5.47. The molecule has 1 saturated heterocycles. The van der Waals surface area contributed by atoms with Crippen molar-refractivity contribution in [1.29, 1.82) is 0 Å². The Morgan fingerprint density at radius 2 is 1.71 bits per heavy atom. The predicted octanol–water partition coefficient (Wildman–Crippen LogP) is 4.35. The smallest absolute Gasteiger partial charge is 0.225 e. The second-order valence-corrected chi connectivity index (χ2v) is 6.55. The fraction of sp³-hybridized carbons (Fsp3) is 0.294. The molecule has 0 atom stereocenters. The van der Waals surface area contributed by atoms with E-state index in [0.717, 1.165) is 24.6 Å². The molecule has 3 nitrogen and oxygen atoms in total. The molecule has 4 rings (SSSR count). The molecule has 0 N–H and O–H groups in total. The number of thiophene rings is 1. The zero-order valence-electron chi connectivity index (χ0n) is 11.8. The largest absolute Gasteiger partial charge is 0.341 e. The van der Waals surface area contributed by atoms with Crippen LogP contribution >= 0.6 is 11.3 Å². The lowest BCUT2D eigenvalue weighted by molar-refractivity contribution is 0.568. The fourth-order valence-corrected chi connectivity index (χ4v) is 3.87. The van der Waals surface area contributed by atoms with Gasteiger partial charge >= 0.3 is 0 Å². The molecule has 3 aromatic rings. The van der Waals surface area contributed by atoms with Crippen LogP contribution in [0, 0.1) is 0 Å². The third-order valence-electron chi connectivity index (χ3n) is 3.99. The molecule has 1 fully saturated rings. The topological polar surface area (TPSA) is 29.0 Å². The number of rotatable bonds is 2. The van der Waals surface area contributed by atoms with E-state index >= 15 is 0 Å². The SMILES string of the molecule is c1ccc2sc(-c3cnc(N4CCCCC4)nc3)cc2c1. The van der Waals surface area contributed by atoms with E-state index in [1.807, 2.05) is 12.4 Å². The van der Waals surface area contributed by atoms with Gasteiger partial charge in [0.05, 0.1) is 0 Å². The molecular formula is C17H17N3S. The van der Waals surface area contributed by atoms with Gasteiger partial charge in [-0.3, -0.25) is 0 Å². The van der Waals surface area contributed by atoms with Gasteiger partial charge in [0.1, 0.15) is 0 Å². The molecule has 4 heteroatoms. The van der Waals surface area contributed by atoms with Gasteiger partial charge in [0.15, 0.2) is 0 Å². The molecule has 0 unspecified atom stereocenters. The minimum absolute atomic E-state index is 0.875. The fourth-order valence-electron chi connectivity index (χ4n) is 2.83. The van der Waals surface area contributed by atoms with Crippen molar-refractivity contribution in [1.82, 2.24) is 9.97 Å². The van der Waals surface area contributed by atoms with E-state index in [0.29, 0.717) is 0 Å². The van der Waals surface area contributed by atoms with E-state index in [4.69, 9.17) is 0 Å². The monoisotopic (exact) mass is 295 g/mol. The molecule has 106 valence electrons. The Kier molecular flexibility index (Phi) is 3.31. The summed E-state index contributed by atoms with van der Waals surface area (Å²) in [6, 6.07) is 10.7. The third-order valence-corrected chi connectivity index (χ3v) is 5.15. The van der Waals surface area contributed by atoms with Crippen LogP contribution in [0.3, 0.4) is 0 Å². The summed E-state index contributed by atoms with van der Waals surface area (Å²) in [5, 5.41) is 1.29. The highest BCUT2D eigenvalue weighted by atomic mass is 32.1. The Morgan fingerprint density at radius 3 is 2.48 bits per heavy atom. The first-order valence-corrected chi connectivity index (χ1v) is 8.28. The predicted molar refractivity (Wildman–Crippen MR) is 88.9 cm³/mol. The van der Waals surface area contributed by atoms with Gasteiger partial charge in [-0.05, 0) is 36.8 Å². The van der Waals surface area contributed by atoms with Crippen molar-refractivity contribution >= 4 is 27.4 Å². The molecule has 3 heterocycles. The van der Waals surface area contributed by atoms with E-state index in [2.05, 4.69) is 45.2 Å². The molecule has 1 aliphatic rings. The quantitative estimate of drug-likeness (QED) is 0.704. The van der Waals surface area contributed by atoms with Crippen LogP contribution in [0.2, 0.25) is 0 Å². The van der Waals surface area contributed by atoms with Crippen molar-refractivity contribution in [2.45, 2.75) is 19.3 Å². The van der Waals surface area contributed by atoms with Gasteiger partial charge in [0.25, 0.3) is 0 Å². The Morgan fingerprint density at radius 1 is 0.952 bits per heavy atom. The van der Waals surface area contributed by atoms with Crippen LogP contribution in [0.1, 0.15) is 19.3 Å². The maximum Gasteiger partial charge on any atom is 0.225 e. The van der Waals surface area contributed by atoms with Crippen LogP contribution < -0.4 is 4.90 Å². The van der Waals surface area contributed by atoms with Crippen molar-refractivity contribution in [3.63, 3.8) is 0 Å². The first kappa shape index (κ1) is 12.8. The van der Waals surface area contributed by atoms with Crippen molar-refractivity contribution in [3.05, 3.63) is 42.7 Å². The first-order chi connectivity index (χ1) is 10.4. The van der Waals surface area contributed by atoms with Gasteiger partial charge in [0, 0.05) is 40.6 Å². The lowest BCUT2D eigenvalue weighted by Gasteiger charge is -2.26. The van der Waals surface area contributed by atoms with E-state index < -0.39 is 0 Å². The maximum absolute atomic E-state index is 4.57. The van der Waals surface area contributed by atoms with Crippen LogP contribution in [-0.2, 0) is 0 Å². The highest BCUT2D eigenvalue weighted by Crippen LogP contribution is 2.33. The normalized spacial score (nSPS) is 15.5. The lowest BCUT2D eigenvalue weighted by atomic mass is 10.1. The van der Waals surface area contributed by atoms with Crippen molar-refractivity contribution in [3.8, 4) is 10.4 Å². The van der Waals surface area contributed by atoms with Crippen molar-refractivity contribution in [2.75, 3.05) is 18.0 Å². The maximum atomic E-state index is 4.57. The summed E-state index contributed by atoms with van der Waals surface area (Å²) in [5.41, 5.74) is 1.11. The molecule has 1 aromatic carbocycles. The third kappa shape index (κ3) is 2.51. The van der Waals surface area contributed by atoms with Gasteiger partial charge in [-0.25, -0.2) is 9.97 Å². The van der Waals surface area contributed by atoms with Crippen LogP contribution in [0.4, 0.5) is 5.95 Å². The van der Waals surface area contributed by atoms with Gasteiger partial charge in [-0.15, -0.1) is 11.3 Å².